The largest absolute Gasteiger partial charge is 0.480 e. The molecule has 0 bridgehead atoms. The minimum Gasteiger partial charge on any atom is -0.480 e. The topological polar surface area (TPSA) is 281 Å². The lowest BCUT2D eigenvalue weighted by Gasteiger charge is -2.27. The van der Waals surface area contributed by atoms with E-state index in [1.165, 1.54) is 6.92 Å². The zero-order valence-corrected chi connectivity index (χ0v) is 24.1. The fraction of sp³-hybridized carbons (Fsp3) is 0.760. The lowest BCUT2D eigenvalue weighted by Crippen LogP contribution is -2.59. The second-order valence-corrected chi connectivity index (χ2v) is 10.00. The third-order valence-electron chi connectivity index (χ3n) is 6.16. The van der Waals surface area contributed by atoms with Crippen LogP contribution >= 0.6 is 0 Å². The molecule has 0 saturated carbocycles. The molecule has 0 radical (unpaired) electrons. The monoisotopic (exact) mass is 588 g/mol. The van der Waals surface area contributed by atoms with E-state index < -0.39 is 78.2 Å². The van der Waals surface area contributed by atoms with Gasteiger partial charge in [0.25, 0.3) is 0 Å². The summed E-state index contributed by atoms with van der Waals surface area (Å²) < 4.78 is 0. The molecule has 0 aromatic rings. The first-order valence-corrected chi connectivity index (χ1v) is 13.8. The number of amides is 5. The van der Waals surface area contributed by atoms with Gasteiger partial charge in [-0.1, -0.05) is 13.8 Å². The molecule has 13 N–H and O–H groups in total. The van der Waals surface area contributed by atoms with E-state index in [0.29, 0.717) is 38.8 Å². The van der Waals surface area contributed by atoms with Gasteiger partial charge >= 0.3 is 5.97 Å². The van der Waals surface area contributed by atoms with Gasteiger partial charge in [-0.05, 0) is 64.5 Å². The van der Waals surface area contributed by atoms with Crippen molar-refractivity contribution in [1.82, 2.24) is 26.6 Å². The van der Waals surface area contributed by atoms with Crippen LogP contribution in [0.25, 0.3) is 0 Å². The Morgan fingerprint density at radius 3 is 1.61 bits per heavy atom. The summed E-state index contributed by atoms with van der Waals surface area (Å²) in [6, 6.07) is -5.92. The van der Waals surface area contributed by atoms with Crippen LogP contribution in [-0.2, 0) is 28.8 Å². The van der Waals surface area contributed by atoms with E-state index >= 15 is 0 Å². The summed E-state index contributed by atoms with van der Waals surface area (Å²) in [6.45, 7) is 4.32. The smallest absolute Gasteiger partial charge is 0.326 e. The first-order valence-electron chi connectivity index (χ1n) is 13.8. The molecule has 5 atom stereocenters. The van der Waals surface area contributed by atoms with Crippen LogP contribution in [0.5, 0.6) is 0 Å². The van der Waals surface area contributed by atoms with Crippen LogP contribution in [-0.4, -0.2) is 102 Å². The number of unbranched alkanes of at least 4 members (excludes halogenated alkanes) is 2. The van der Waals surface area contributed by atoms with Crippen molar-refractivity contribution in [3.8, 4) is 0 Å². The fourth-order valence-electron chi connectivity index (χ4n) is 3.69. The highest BCUT2D eigenvalue weighted by molar-refractivity contribution is 5.96. The average molecular weight is 589 g/mol. The van der Waals surface area contributed by atoms with Gasteiger partial charge in [0.15, 0.2) is 0 Å². The zero-order chi connectivity index (χ0) is 31.5. The van der Waals surface area contributed by atoms with Crippen molar-refractivity contribution in [2.75, 3.05) is 26.2 Å². The Hall–Kier alpha value is -3.34. The van der Waals surface area contributed by atoms with E-state index in [9.17, 15) is 39.0 Å². The van der Waals surface area contributed by atoms with Crippen LogP contribution in [0.1, 0.15) is 59.3 Å². The Balaban J connectivity index is 5.30. The fourth-order valence-corrected chi connectivity index (χ4v) is 3.69. The lowest BCUT2D eigenvalue weighted by molar-refractivity contribution is -0.142. The molecule has 0 aliphatic rings. The van der Waals surface area contributed by atoms with Gasteiger partial charge in [0.1, 0.15) is 30.2 Å². The van der Waals surface area contributed by atoms with Gasteiger partial charge in [0.05, 0.1) is 13.2 Å². The SMILES string of the molecule is CC(C)[C@H](NC(=O)[C@H](CCCCN)NC(=O)CN)C(=O)N[C@@H](C)C(=O)N[C@@H](CO)C(=O)N[C@@H](CCCCN)C(=O)O. The number of hydrogen-bond donors (Lipinski definition) is 10. The normalized spacial score (nSPS) is 14.6. The molecule has 41 heavy (non-hydrogen) atoms. The summed E-state index contributed by atoms with van der Waals surface area (Å²) in [4.78, 5) is 74.4. The van der Waals surface area contributed by atoms with Crippen LogP contribution in [0.15, 0.2) is 0 Å². The number of hydrogen-bond acceptors (Lipinski definition) is 10. The van der Waals surface area contributed by atoms with Gasteiger partial charge in [-0.3, -0.25) is 24.0 Å². The van der Waals surface area contributed by atoms with Crippen LogP contribution in [0.3, 0.4) is 0 Å². The number of nitrogens with one attached hydrogen (secondary N) is 5. The summed E-state index contributed by atoms with van der Waals surface area (Å²) >= 11 is 0. The Bertz CT molecular complexity index is 873. The van der Waals surface area contributed by atoms with Crippen molar-refractivity contribution < 1.29 is 39.0 Å². The molecule has 0 spiro atoms. The summed E-state index contributed by atoms with van der Waals surface area (Å²) in [7, 11) is 0. The van der Waals surface area contributed by atoms with Gasteiger partial charge in [-0.15, -0.1) is 0 Å². The molecule has 236 valence electrons. The number of carboxylic acid groups (broad SMARTS) is 1. The van der Waals surface area contributed by atoms with E-state index in [1.807, 2.05) is 0 Å². The standard InChI is InChI=1S/C25H48N8O8/c1-14(2)20(33-22(37)16(8-4-6-10-26)30-19(35)12-28)24(39)29-15(3)21(36)32-18(13-34)23(38)31-17(25(40)41)9-5-7-11-27/h14-18,20,34H,4-13,26-28H2,1-3H3,(H,29,39)(H,30,35)(H,31,38)(H,32,36)(H,33,37)(H,40,41)/t15-,16-,17-,18-,20-/m0/s1. The van der Waals surface area contributed by atoms with Gasteiger partial charge in [-0.25, -0.2) is 4.79 Å². The lowest BCUT2D eigenvalue weighted by atomic mass is 10.0. The van der Waals surface area contributed by atoms with Crippen molar-refractivity contribution in [1.29, 1.82) is 0 Å². The second kappa shape index (κ2) is 20.5. The summed E-state index contributed by atoms with van der Waals surface area (Å²) in [5.41, 5.74) is 16.3. The molecular weight excluding hydrogens is 540 g/mol. The predicted molar refractivity (Wildman–Crippen MR) is 150 cm³/mol. The molecule has 0 rings (SSSR count). The maximum atomic E-state index is 13.0. The second-order valence-electron chi connectivity index (χ2n) is 10.00. The maximum Gasteiger partial charge on any atom is 0.326 e. The Kier molecular flexibility index (Phi) is 18.9. The zero-order valence-electron chi connectivity index (χ0n) is 24.1. The van der Waals surface area contributed by atoms with Crippen molar-refractivity contribution in [2.24, 2.45) is 23.1 Å². The molecule has 0 aromatic heterocycles. The number of aliphatic hydroxyl groups excluding tert-OH is 1. The maximum absolute atomic E-state index is 13.0. The van der Waals surface area contributed by atoms with Gasteiger partial charge in [-0.2, -0.15) is 0 Å². The third-order valence-corrected chi connectivity index (χ3v) is 6.16. The summed E-state index contributed by atoms with van der Waals surface area (Å²) in [6.07, 6.45) is 2.58. The van der Waals surface area contributed by atoms with Crippen LogP contribution in [0.4, 0.5) is 0 Å². The van der Waals surface area contributed by atoms with E-state index in [1.54, 1.807) is 13.8 Å². The highest BCUT2D eigenvalue weighted by atomic mass is 16.4. The number of rotatable bonds is 21. The highest BCUT2D eigenvalue weighted by Crippen LogP contribution is 2.07. The molecule has 0 aromatic carbocycles. The number of carbonyl (C=O) groups is 6. The highest BCUT2D eigenvalue weighted by Gasteiger charge is 2.31. The number of nitrogens with two attached hydrogens (primary N) is 3. The van der Waals surface area contributed by atoms with Gasteiger partial charge < -0.3 is 54.0 Å². The number of aliphatic hydroxyl groups is 1. The molecule has 0 aliphatic heterocycles. The molecule has 0 fully saturated rings. The van der Waals surface area contributed by atoms with E-state index in [-0.39, 0.29) is 19.4 Å². The van der Waals surface area contributed by atoms with Gasteiger partial charge in [0.2, 0.25) is 29.5 Å². The molecular formula is C25H48N8O8. The molecule has 0 unspecified atom stereocenters. The molecule has 16 nitrogen and oxygen atoms in total. The Labute approximate surface area is 240 Å². The number of aliphatic carboxylic acids is 1. The molecule has 0 aliphatic carbocycles. The van der Waals surface area contributed by atoms with E-state index in [2.05, 4.69) is 26.6 Å². The summed E-state index contributed by atoms with van der Waals surface area (Å²) in [5, 5.41) is 31.1. The van der Waals surface area contributed by atoms with Gasteiger partial charge in [0, 0.05) is 0 Å². The molecule has 16 heteroatoms. The van der Waals surface area contributed by atoms with Crippen LogP contribution in [0, 0.1) is 5.92 Å². The van der Waals surface area contributed by atoms with Crippen molar-refractivity contribution in [3.63, 3.8) is 0 Å². The minimum absolute atomic E-state index is 0.114. The first-order chi connectivity index (χ1) is 19.3. The van der Waals surface area contributed by atoms with Crippen molar-refractivity contribution >= 4 is 35.5 Å². The number of carbonyl (C=O) groups excluding carboxylic acids is 5. The first kappa shape index (κ1) is 37.7. The Morgan fingerprint density at radius 2 is 1.15 bits per heavy atom. The quantitative estimate of drug-likeness (QED) is 0.0584. The third kappa shape index (κ3) is 14.7. The Morgan fingerprint density at radius 1 is 0.634 bits per heavy atom. The van der Waals surface area contributed by atoms with E-state index in [4.69, 9.17) is 17.2 Å². The predicted octanol–water partition coefficient (Wildman–Crippen LogP) is -3.62. The van der Waals surface area contributed by atoms with Crippen molar-refractivity contribution in [3.05, 3.63) is 0 Å². The molecule has 5 amide bonds. The average Bonchev–Trinajstić information content (AvgIpc) is 2.92. The number of carboxylic acids is 1. The van der Waals surface area contributed by atoms with Crippen LogP contribution < -0.4 is 43.8 Å². The molecule has 0 heterocycles. The summed E-state index contributed by atoms with van der Waals surface area (Å²) in [5.74, 6) is -5.26. The minimum atomic E-state index is -1.47. The van der Waals surface area contributed by atoms with E-state index in [0.717, 1.165) is 0 Å². The molecule has 0 saturated heterocycles. The van der Waals surface area contributed by atoms with Crippen LogP contribution in [0.2, 0.25) is 0 Å². The van der Waals surface area contributed by atoms with Crippen molar-refractivity contribution in [2.45, 2.75) is 89.5 Å².